The van der Waals surface area contributed by atoms with Crippen LogP contribution in [0.3, 0.4) is 0 Å². The number of aromatic nitrogens is 1. The van der Waals surface area contributed by atoms with Crippen LogP contribution in [-0.2, 0) is 29.0 Å². The molecule has 8 nitrogen and oxygen atoms in total. The number of ether oxygens (including phenoxy) is 1. The van der Waals surface area contributed by atoms with Crippen molar-refractivity contribution in [1.82, 2.24) is 15.0 Å². The minimum absolute atomic E-state index is 0.00958. The molecule has 0 unspecified atom stereocenters. The molecule has 2 atom stereocenters. The van der Waals surface area contributed by atoms with Crippen molar-refractivity contribution in [3.05, 3.63) is 111 Å². The molecular formula is C31H29ClF3N3O5S2. The highest BCUT2D eigenvalue weighted by atomic mass is 35.5. The maximum Gasteiger partial charge on any atom is 0.417 e. The van der Waals surface area contributed by atoms with Crippen molar-refractivity contribution in [2.24, 2.45) is 0 Å². The number of hydrogen-bond acceptors (Lipinski definition) is 7. The highest BCUT2D eigenvalue weighted by molar-refractivity contribution is 7.91. The van der Waals surface area contributed by atoms with Crippen LogP contribution in [0.5, 0.6) is 5.75 Å². The highest BCUT2D eigenvalue weighted by Crippen LogP contribution is 2.41. The number of carbonyl (C=O) groups is 1. The molecular weight excluding hydrogens is 651 g/mol. The Morgan fingerprint density at radius 1 is 1.11 bits per heavy atom. The predicted octanol–water partition coefficient (Wildman–Crippen LogP) is 5.93. The molecule has 4 aromatic rings. The Labute approximate surface area is 267 Å². The van der Waals surface area contributed by atoms with E-state index in [0.717, 1.165) is 23.0 Å². The smallest absolute Gasteiger partial charge is 0.417 e. The third-order valence-corrected chi connectivity index (χ3v) is 10.7. The molecule has 1 aliphatic rings. The van der Waals surface area contributed by atoms with E-state index >= 15 is 0 Å². The van der Waals surface area contributed by atoms with E-state index < -0.39 is 39.5 Å². The van der Waals surface area contributed by atoms with Gasteiger partial charge < -0.3 is 15.2 Å². The van der Waals surface area contributed by atoms with Gasteiger partial charge in [0.1, 0.15) is 21.7 Å². The Bertz CT molecular complexity index is 1810. The number of halogens is 4. The first-order valence-electron chi connectivity index (χ1n) is 13.8. The number of aliphatic hydroxyl groups excluding tert-OH is 1. The zero-order chi connectivity index (χ0) is 32.6. The first kappa shape index (κ1) is 32.9. The van der Waals surface area contributed by atoms with Crippen LogP contribution in [0.2, 0.25) is 5.02 Å². The van der Waals surface area contributed by atoms with Crippen molar-refractivity contribution in [2.45, 2.75) is 54.8 Å². The number of benzene rings is 2. The maximum atomic E-state index is 13.6. The van der Waals surface area contributed by atoms with E-state index in [-0.39, 0.29) is 32.8 Å². The second kappa shape index (κ2) is 12.7. The number of rotatable bonds is 9. The molecule has 14 heteroatoms. The van der Waals surface area contributed by atoms with Crippen LogP contribution in [0.4, 0.5) is 13.2 Å². The lowest BCUT2D eigenvalue weighted by Gasteiger charge is -2.42. The number of sulfonamides is 1. The number of thiophene rings is 1. The van der Waals surface area contributed by atoms with E-state index in [0.29, 0.717) is 35.4 Å². The van der Waals surface area contributed by atoms with Crippen LogP contribution in [0.1, 0.15) is 57.5 Å². The topological polar surface area (TPSA) is 118 Å². The number of nitrogens with one attached hydrogen (secondary N) is 2. The van der Waals surface area contributed by atoms with E-state index in [1.165, 1.54) is 18.2 Å². The van der Waals surface area contributed by atoms with Gasteiger partial charge in [0.15, 0.2) is 0 Å². The summed E-state index contributed by atoms with van der Waals surface area (Å²) < 4.78 is 74.5. The Hall–Kier alpha value is -3.49. The third-order valence-electron chi connectivity index (χ3n) is 7.32. The lowest BCUT2D eigenvalue weighted by Crippen LogP contribution is -2.53. The van der Waals surface area contributed by atoms with Crippen LogP contribution < -0.4 is 14.8 Å². The Morgan fingerprint density at radius 3 is 2.53 bits per heavy atom. The van der Waals surface area contributed by atoms with E-state index in [1.807, 2.05) is 30.3 Å². The minimum Gasteiger partial charge on any atom is -0.485 e. The second-order valence-electron chi connectivity index (χ2n) is 11.0. The fourth-order valence-corrected chi connectivity index (χ4v) is 7.71. The van der Waals surface area contributed by atoms with Gasteiger partial charge in [0.05, 0.1) is 22.3 Å². The summed E-state index contributed by atoms with van der Waals surface area (Å²) in [5.41, 5.74) is -0.383. The first-order valence-corrected chi connectivity index (χ1v) is 16.5. The number of pyridine rings is 1. The van der Waals surface area contributed by atoms with Crippen molar-refractivity contribution in [2.75, 3.05) is 6.54 Å². The molecule has 0 radical (unpaired) electrons. The van der Waals surface area contributed by atoms with Crippen LogP contribution >= 0.6 is 22.9 Å². The predicted molar refractivity (Wildman–Crippen MR) is 164 cm³/mol. The Balaban J connectivity index is 1.34. The summed E-state index contributed by atoms with van der Waals surface area (Å²) in [5.74, 6) is -0.0539. The summed E-state index contributed by atoms with van der Waals surface area (Å²) in [6.45, 7) is 3.63. The quantitative estimate of drug-likeness (QED) is 0.202. The molecule has 5 rings (SSSR count). The van der Waals surface area contributed by atoms with Crippen LogP contribution in [0.25, 0.3) is 0 Å². The second-order valence-corrected chi connectivity index (χ2v) is 14.6. The molecule has 0 spiro atoms. The van der Waals surface area contributed by atoms with Gasteiger partial charge in [-0.3, -0.25) is 9.78 Å². The lowest BCUT2D eigenvalue weighted by atomic mass is 9.86. The van der Waals surface area contributed by atoms with E-state index in [9.17, 15) is 31.5 Å². The highest BCUT2D eigenvalue weighted by Gasteiger charge is 2.45. The number of fused-ring (bicyclic) bond motifs is 1. The molecule has 2 aromatic carbocycles. The van der Waals surface area contributed by atoms with Gasteiger partial charge >= 0.3 is 6.18 Å². The fourth-order valence-electron chi connectivity index (χ4n) is 4.88. The van der Waals surface area contributed by atoms with Gasteiger partial charge in [0, 0.05) is 35.2 Å². The van der Waals surface area contributed by atoms with Gasteiger partial charge in [-0.2, -0.15) is 13.2 Å². The van der Waals surface area contributed by atoms with E-state index in [2.05, 4.69) is 15.0 Å². The molecule has 238 valence electrons. The van der Waals surface area contributed by atoms with Crippen LogP contribution in [0, 0.1) is 0 Å². The molecule has 0 saturated heterocycles. The van der Waals surface area contributed by atoms with Crippen molar-refractivity contribution in [3.63, 3.8) is 0 Å². The van der Waals surface area contributed by atoms with E-state index in [4.69, 9.17) is 16.3 Å². The van der Waals surface area contributed by atoms with Crippen LogP contribution in [0.15, 0.2) is 77.1 Å². The SMILES string of the molecule is CC1(C)Oc2ccc(C(=O)NCCc3ccccc3)cc2[C@@H](NS(=O)(=O)c2ccc(Cc3ncc(C(F)(F)F)cc3Cl)s2)[C@@H]1O. The monoisotopic (exact) mass is 679 g/mol. The van der Waals surface area contributed by atoms with Crippen molar-refractivity contribution in [3.8, 4) is 5.75 Å². The maximum absolute atomic E-state index is 13.6. The normalized spacial score (nSPS) is 17.8. The summed E-state index contributed by atoms with van der Waals surface area (Å²) in [7, 11) is -4.22. The Kier molecular flexibility index (Phi) is 9.30. The number of nitrogens with zero attached hydrogens (tertiary/aromatic N) is 1. The zero-order valence-corrected chi connectivity index (χ0v) is 26.4. The van der Waals surface area contributed by atoms with Gasteiger partial charge in [-0.1, -0.05) is 41.9 Å². The molecule has 1 amide bonds. The summed E-state index contributed by atoms with van der Waals surface area (Å²) in [6.07, 6.45) is -4.61. The Morgan fingerprint density at radius 2 is 1.84 bits per heavy atom. The molecule has 3 heterocycles. The van der Waals surface area contributed by atoms with Gasteiger partial charge in [0.2, 0.25) is 0 Å². The molecule has 0 aliphatic carbocycles. The third kappa shape index (κ3) is 7.50. The largest absolute Gasteiger partial charge is 0.485 e. The van der Waals surface area contributed by atoms with Crippen LogP contribution in [-0.4, -0.2) is 42.7 Å². The zero-order valence-electron chi connectivity index (χ0n) is 24.1. The summed E-state index contributed by atoms with van der Waals surface area (Å²) in [5, 5.41) is 13.9. The van der Waals surface area contributed by atoms with Crippen molar-refractivity contribution < 1.29 is 36.2 Å². The van der Waals surface area contributed by atoms with Crippen molar-refractivity contribution >= 4 is 38.9 Å². The standard InChI is InChI=1S/C31H29ClF3N3O5S2/c1-30(2)28(39)27(22-14-19(8-10-25(22)43-30)29(40)36-13-12-18-6-4-3-5-7-18)38-45(41,42)26-11-9-21(44-26)16-24-23(32)15-20(17-37-24)31(33,34)35/h3-11,14-15,17,27-28,38-39H,12-13,16H2,1-2H3,(H,36,40)/t27-,28+/m1/s1. The molecule has 0 fully saturated rings. The summed E-state index contributed by atoms with van der Waals surface area (Å²) >= 11 is 6.93. The molecule has 3 N–H and O–H groups in total. The number of amides is 1. The number of alkyl halides is 3. The molecule has 45 heavy (non-hydrogen) atoms. The molecule has 0 bridgehead atoms. The van der Waals surface area contributed by atoms with Gasteiger partial charge in [0.25, 0.3) is 15.9 Å². The number of hydrogen-bond donors (Lipinski definition) is 3. The van der Waals surface area contributed by atoms with Gasteiger partial charge in [-0.25, -0.2) is 13.1 Å². The first-order chi connectivity index (χ1) is 21.1. The minimum atomic E-state index is -4.60. The number of aliphatic hydroxyl groups is 1. The fraction of sp³-hybridized carbons (Fsp3) is 0.290. The number of carbonyl (C=O) groups excluding carboxylic acids is 1. The average Bonchev–Trinajstić information content (AvgIpc) is 3.46. The van der Waals surface area contributed by atoms with E-state index in [1.54, 1.807) is 26.0 Å². The van der Waals surface area contributed by atoms with Crippen molar-refractivity contribution in [1.29, 1.82) is 0 Å². The van der Waals surface area contributed by atoms with Gasteiger partial charge in [-0.05, 0) is 62.2 Å². The summed E-state index contributed by atoms with van der Waals surface area (Å²) in [4.78, 5) is 17.3. The molecule has 0 saturated carbocycles. The summed E-state index contributed by atoms with van der Waals surface area (Å²) in [6, 6.07) is 16.8. The average molecular weight is 680 g/mol. The van der Waals surface area contributed by atoms with Gasteiger partial charge in [-0.15, -0.1) is 11.3 Å². The lowest BCUT2D eigenvalue weighted by molar-refractivity contribution is -0.137. The molecule has 2 aromatic heterocycles. The molecule has 1 aliphatic heterocycles.